The molecule has 0 bridgehead atoms. The Morgan fingerprint density at radius 3 is 2.82 bits per heavy atom. The zero-order chi connectivity index (χ0) is 19.5. The van der Waals surface area contributed by atoms with Gasteiger partial charge in [0.05, 0.1) is 29.3 Å². The number of para-hydroxylation sites is 2. The average Bonchev–Trinajstić information content (AvgIpc) is 3.22. The van der Waals surface area contributed by atoms with E-state index in [-0.39, 0.29) is 5.56 Å². The van der Waals surface area contributed by atoms with Gasteiger partial charge in [-0.05, 0) is 42.3 Å². The van der Waals surface area contributed by atoms with Crippen LogP contribution >= 0.6 is 11.3 Å². The Balaban J connectivity index is 1.68. The summed E-state index contributed by atoms with van der Waals surface area (Å²) in [6.07, 6.45) is 5.21. The van der Waals surface area contributed by atoms with E-state index in [0.29, 0.717) is 21.8 Å². The highest BCUT2D eigenvalue weighted by atomic mass is 32.1. The molecule has 0 spiro atoms. The van der Waals surface area contributed by atoms with Gasteiger partial charge in [-0.25, -0.2) is 9.38 Å². The maximum Gasteiger partial charge on any atom is 0.274 e. The van der Waals surface area contributed by atoms with Crippen molar-refractivity contribution in [2.45, 2.75) is 26.2 Å². The number of hydrogen-bond donors (Lipinski definition) is 0. The van der Waals surface area contributed by atoms with Crippen molar-refractivity contribution in [1.29, 1.82) is 0 Å². The molecule has 0 unspecified atom stereocenters. The minimum absolute atomic E-state index is 0.0486. The predicted molar refractivity (Wildman–Crippen MR) is 114 cm³/mol. The van der Waals surface area contributed by atoms with Crippen LogP contribution in [0.3, 0.4) is 0 Å². The lowest BCUT2D eigenvalue weighted by molar-refractivity contribution is 0.286. The van der Waals surface area contributed by atoms with Crippen LogP contribution in [0.2, 0.25) is 0 Å². The van der Waals surface area contributed by atoms with Crippen molar-refractivity contribution in [2.24, 2.45) is 0 Å². The number of ether oxygens (including phenoxy) is 2. The average molecular weight is 394 g/mol. The molecule has 0 radical (unpaired) electrons. The van der Waals surface area contributed by atoms with E-state index in [9.17, 15) is 4.79 Å². The fourth-order valence-electron chi connectivity index (χ4n) is 3.19. The first-order valence-corrected chi connectivity index (χ1v) is 10.3. The summed E-state index contributed by atoms with van der Waals surface area (Å²) < 4.78 is 13.6. The number of hydrogen-bond acceptors (Lipinski definition) is 5. The number of nitrogens with zero attached hydrogens (tertiary/aromatic N) is 2. The van der Waals surface area contributed by atoms with E-state index >= 15 is 0 Å². The fourth-order valence-corrected chi connectivity index (χ4v) is 4.18. The highest BCUT2D eigenvalue weighted by molar-refractivity contribution is 7.15. The van der Waals surface area contributed by atoms with Crippen LogP contribution in [0.15, 0.2) is 47.3 Å². The standard InChI is InChI=1S/C22H22N2O3S/c1-3-4-7-12-27-18-11-10-15(13-19(18)26-2)14-20-21(25)24-17-9-6-5-8-16(17)23-22(24)28-20/h5-6,8-11,13-14H,3-4,7,12H2,1-2H3. The van der Waals surface area contributed by atoms with E-state index in [1.807, 2.05) is 48.5 Å². The summed E-state index contributed by atoms with van der Waals surface area (Å²) >= 11 is 1.39. The van der Waals surface area contributed by atoms with Crippen LogP contribution < -0.4 is 19.6 Å². The molecular weight excluding hydrogens is 372 g/mol. The summed E-state index contributed by atoms with van der Waals surface area (Å²) in [5, 5.41) is 0. The quantitative estimate of drug-likeness (QED) is 0.444. The van der Waals surface area contributed by atoms with Crippen molar-refractivity contribution in [2.75, 3.05) is 13.7 Å². The first-order chi connectivity index (χ1) is 13.7. The van der Waals surface area contributed by atoms with Crippen LogP contribution in [-0.4, -0.2) is 23.1 Å². The molecule has 0 saturated carbocycles. The van der Waals surface area contributed by atoms with Crippen molar-refractivity contribution in [1.82, 2.24) is 9.38 Å². The Labute approximate surface area is 166 Å². The van der Waals surface area contributed by atoms with Crippen LogP contribution in [0.25, 0.3) is 22.1 Å². The van der Waals surface area contributed by atoms with Gasteiger partial charge in [-0.15, -0.1) is 0 Å². The molecule has 2 heterocycles. The van der Waals surface area contributed by atoms with Gasteiger partial charge in [-0.1, -0.05) is 49.3 Å². The number of fused-ring (bicyclic) bond motifs is 3. The van der Waals surface area contributed by atoms with Gasteiger partial charge in [0.1, 0.15) is 0 Å². The molecule has 0 fully saturated rings. The van der Waals surface area contributed by atoms with Crippen LogP contribution in [0.4, 0.5) is 0 Å². The molecule has 144 valence electrons. The smallest absolute Gasteiger partial charge is 0.274 e. The van der Waals surface area contributed by atoms with Crippen molar-refractivity contribution in [3.63, 3.8) is 0 Å². The van der Waals surface area contributed by atoms with E-state index in [2.05, 4.69) is 11.9 Å². The lowest BCUT2D eigenvalue weighted by Crippen LogP contribution is -2.22. The summed E-state index contributed by atoms with van der Waals surface area (Å²) in [6, 6.07) is 13.4. The predicted octanol–water partition coefficient (Wildman–Crippen LogP) is 4.03. The molecule has 28 heavy (non-hydrogen) atoms. The molecule has 0 atom stereocenters. The zero-order valence-corrected chi connectivity index (χ0v) is 16.8. The van der Waals surface area contributed by atoms with Crippen molar-refractivity contribution < 1.29 is 9.47 Å². The lowest BCUT2D eigenvalue weighted by Gasteiger charge is -2.11. The molecular formula is C22H22N2O3S. The van der Waals surface area contributed by atoms with Crippen molar-refractivity contribution in [3.05, 3.63) is 62.9 Å². The van der Waals surface area contributed by atoms with E-state index in [4.69, 9.17) is 9.47 Å². The van der Waals surface area contributed by atoms with Crippen molar-refractivity contribution >= 4 is 33.4 Å². The normalized spacial score (nSPS) is 12.1. The summed E-state index contributed by atoms with van der Waals surface area (Å²) in [7, 11) is 1.63. The van der Waals surface area contributed by atoms with Gasteiger partial charge >= 0.3 is 0 Å². The first-order valence-electron chi connectivity index (χ1n) is 9.44. The van der Waals surface area contributed by atoms with Gasteiger partial charge in [0.25, 0.3) is 5.56 Å². The molecule has 2 aromatic carbocycles. The topological polar surface area (TPSA) is 52.8 Å². The molecule has 5 nitrogen and oxygen atoms in total. The highest BCUT2D eigenvalue weighted by Gasteiger charge is 2.11. The third-order valence-electron chi connectivity index (χ3n) is 4.64. The Kier molecular flexibility index (Phi) is 5.30. The molecule has 2 aromatic heterocycles. The van der Waals surface area contributed by atoms with Crippen LogP contribution in [0.5, 0.6) is 11.5 Å². The van der Waals surface area contributed by atoms with E-state index < -0.39 is 0 Å². The molecule has 0 amide bonds. The lowest BCUT2D eigenvalue weighted by atomic mass is 10.2. The number of imidazole rings is 1. The van der Waals surface area contributed by atoms with Gasteiger partial charge in [-0.3, -0.25) is 4.79 Å². The molecule has 0 aliphatic heterocycles. The first kappa shape index (κ1) is 18.5. The number of aromatic nitrogens is 2. The largest absolute Gasteiger partial charge is 0.493 e. The minimum atomic E-state index is -0.0486. The van der Waals surface area contributed by atoms with E-state index in [1.165, 1.54) is 11.3 Å². The third-order valence-corrected chi connectivity index (χ3v) is 5.60. The summed E-state index contributed by atoms with van der Waals surface area (Å²) in [6.45, 7) is 2.84. The second-order valence-corrected chi connectivity index (χ2v) is 7.61. The Morgan fingerprint density at radius 2 is 2.00 bits per heavy atom. The number of methoxy groups -OCH3 is 1. The molecule has 0 saturated heterocycles. The van der Waals surface area contributed by atoms with Crippen molar-refractivity contribution in [3.8, 4) is 11.5 Å². The van der Waals surface area contributed by atoms with Gasteiger partial charge in [0, 0.05) is 0 Å². The fraction of sp³-hybridized carbons (Fsp3) is 0.273. The minimum Gasteiger partial charge on any atom is -0.493 e. The Morgan fingerprint density at radius 1 is 1.14 bits per heavy atom. The second-order valence-electron chi connectivity index (χ2n) is 6.60. The summed E-state index contributed by atoms with van der Waals surface area (Å²) in [4.78, 5) is 18.1. The van der Waals surface area contributed by atoms with Gasteiger partial charge in [0.15, 0.2) is 16.5 Å². The number of unbranched alkanes of at least 4 members (excludes halogenated alkanes) is 2. The molecule has 6 heteroatoms. The maximum absolute atomic E-state index is 12.9. The van der Waals surface area contributed by atoms with Gasteiger partial charge < -0.3 is 9.47 Å². The highest BCUT2D eigenvalue weighted by Crippen LogP contribution is 2.28. The Hall–Kier alpha value is -2.86. The van der Waals surface area contributed by atoms with Gasteiger partial charge in [-0.2, -0.15) is 0 Å². The molecule has 4 aromatic rings. The summed E-state index contributed by atoms with van der Waals surface area (Å²) in [5.41, 5.74) is 2.52. The third kappa shape index (κ3) is 3.47. The zero-order valence-electron chi connectivity index (χ0n) is 16.0. The molecule has 4 rings (SSSR count). The second kappa shape index (κ2) is 8.02. The van der Waals surface area contributed by atoms with E-state index in [0.717, 1.165) is 41.6 Å². The van der Waals surface area contributed by atoms with Crippen LogP contribution in [-0.2, 0) is 0 Å². The monoisotopic (exact) mass is 394 g/mol. The number of rotatable bonds is 7. The SMILES string of the molecule is CCCCCOc1ccc(C=c2sc3nc4ccccc4n3c2=O)cc1OC. The van der Waals surface area contributed by atoms with Crippen LogP contribution in [0, 0.1) is 0 Å². The maximum atomic E-state index is 12.9. The molecule has 0 aliphatic rings. The van der Waals surface area contributed by atoms with Gasteiger partial charge in [0.2, 0.25) is 0 Å². The number of benzene rings is 2. The Bertz CT molecular complexity index is 1230. The molecule has 0 aliphatic carbocycles. The van der Waals surface area contributed by atoms with E-state index in [1.54, 1.807) is 11.5 Å². The molecule has 0 N–H and O–H groups in total. The number of thiazole rings is 1. The summed E-state index contributed by atoms with van der Waals surface area (Å²) in [5.74, 6) is 1.40. The van der Waals surface area contributed by atoms with Crippen LogP contribution in [0.1, 0.15) is 31.7 Å².